The maximum atomic E-state index is 11.7. The number of urea groups is 1. The second-order valence-electron chi connectivity index (χ2n) is 4.63. The second kappa shape index (κ2) is 6.28. The number of carbonyl (C=O) groups is 1. The van der Waals surface area contributed by atoms with Gasteiger partial charge in [-0.25, -0.2) is 4.79 Å². The van der Waals surface area contributed by atoms with Crippen LogP contribution in [0, 0.1) is 0 Å². The third-order valence-corrected chi connectivity index (χ3v) is 2.61. The van der Waals surface area contributed by atoms with E-state index in [9.17, 15) is 4.79 Å². The fraction of sp³-hybridized carbons (Fsp3) is 0.500. The van der Waals surface area contributed by atoms with Gasteiger partial charge in [-0.1, -0.05) is 31.2 Å². The Hall–Kier alpha value is -1.51. The van der Waals surface area contributed by atoms with Gasteiger partial charge in [0.15, 0.2) is 0 Å². The van der Waals surface area contributed by atoms with Gasteiger partial charge in [0.25, 0.3) is 0 Å². The van der Waals surface area contributed by atoms with Crippen LogP contribution in [0.2, 0.25) is 0 Å². The van der Waals surface area contributed by atoms with Crippen LogP contribution in [0.5, 0.6) is 0 Å². The minimum absolute atomic E-state index is 0.0282. The number of carbonyl (C=O) groups excluding carboxylic acids is 1. The molecule has 0 radical (unpaired) electrons. The van der Waals surface area contributed by atoms with Crippen LogP contribution >= 0.6 is 0 Å². The first-order valence-electron chi connectivity index (χ1n) is 6.12. The molecule has 94 valence electrons. The molecule has 1 aromatic rings. The summed E-state index contributed by atoms with van der Waals surface area (Å²) >= 11 is 0. The lowest BCUT2D eigenvalue weighted by molar-refractivity contribution is 0.204. The molecule has 0 aliphatic heterocycles. The van der Waals surface area contributed by atoms with Crippen molar-refractivity contribution in [2.45, 2.75) is 39.8 Å². The van der Waals surface area contributed by atoms with Gasteiger partial charge in [0.1, 0.15) is 0 Å². The third kappa shape index (κ3) is 4.47. The zero-order chi connectivity index (χ0) is 12.8. The lowest BCUT2D eigenvalue weighted by Gasteiger charge is -2.19. The number of aryl methyl sites for hydroxylation is 1. The maximum absolute atomic E-state index is 11.7. The van der Waals surface area contributed by atoms with Gasteiger partial charge in [0, 0.05) is 19.6 Å². The van der Waals surface area contributed by atoms with Crippen LogP contribution in [0.25, 0.3) is 0 Å². The van der Waals surface area contributed by atoms with E-state index in [0.29, 0.717) is 6.54 Å². The predicted molar refractivity (Wildman–Crippen MR) is 71.0 cm³/mol. The molecule has 2 amide bonds. The molecule has 0 aliphatic carbocycles. The fourth-order valence-corrected chi connectivity index (χ4v) is 1.58. The number of hydrogen-bond acceptors (Lipinski definition) is 1. The van der Waals surface area contributed by atoms with Crippen molar-refractivity contribution in [3.63, 3.8) is 0 Å². The van der Waals surface area contributed by atoms with Crippen LogP contribution < -0.4 is 5.32 Å². The molecule has 3 nitrogen and oxygen atoms in total. The Balaban J connectivity index is 2.55. The molecule has 0 saturated carbocycles. The Labute approximate surface area is 104 Å². The molecule has 0 heterocycles. The van der Waals surface area contributed by atoms with Crippen LogP contribution in [0.3, 0.4) is 0 Å². The Bertz CT molecular complexity index is 357. The molecule has 0 atom stereocenters. The number of nitrogens with zero attached hydrogens (tertiary/aromatic N) is 1. The largest absolute Gasteiger partial charge is 0.336 e. The van der Waals surface area contributed by atoms with Gasteiger partial charge in [-0.2, -0.15) is 0 Å². The summed E-state index contributed by atoms with van der Waals surface area (Å²) < 4.78 is 0. The van der Waals surface area contributed by atoms with E-state index in [1.807, 2.05) is 20.9 Å². The summed E-state index contributed by atoms with van der Waals surface area (Å²) in [6, 6.07) is 8.54. The van der Waals surface area contributed by atoms with Crippen molar-refractivity contribution in [1.29, 1.82) is 0 Å². The monoisotopic (exact) mass is 234 g/mol. The molecule has 3 heteroatoms. The predicted octanol–water partition coefficient (Wildman–Crippen LogP) is 2.80. The molecular weight excluding hydrogens is 212 g/mol. The van der Waals surface area contributed by atoms with Crippen LogP contribution in [0.1, 0.15) is 31.9 Å². The van der Waals surface area contributed by atoms with Gasteiger partial charge in [-0.3, -0.25) is 0 Å². The van der Waals surface area contributed by atoms with Gasteiger partial charge in [-0.15, -0.1) is 0 Å². The Morgan fingerprint density at radius 3 is 2.24 bits per heavy atom. The molecule has 0 aliphatic rings. The summed E-state index contributed by atoms with van der Waals surface area (Å²) in [6.45, 7) is 6.70. The SMILES string of the molecule is CCc1ccc(CN(C)C(=O)NC(C)C)cc1. The van der Waals surface area contributed by atoms with E-state index < -0.39 is 0 Å². The van der Waals surface area contributed by atoms with Gasteiger partial charge in [0.2, 0.25) is 0 Å². The molecular formula is C14H22N2O. The molecule has 17 heavy (non-hydrogen) atoms. The van der Waals surface area contributed by atoms with E-state index in [4.69, 9.17) is 0 Å². The summed E-state index contributed by atoms with van der Waals surface area (Å²) in [7, 11) is 1.81. The van der Waals surface area contributed by atoms with Gasteiger partial charge in [-0.05, 0) is 31.4 Å². The zero-order valence-electron chi connectivity index (χ0n) is 11.2. The quantitative estimate of drug-likeness (QED) is 0.853. The standard InChI is InChI=1S/C14H22N2O/c1-5-12-6-8-13(9-7-12)10-16(4)14(17)15-11(2)3/h6-9,11H,5,10H2,1-4H3,(H,15,17). The number of nitrogens with one attached hydrogen (secondary N) is 1. The van der Waals surface area contributed by atoms with Crippen molar-refractivity contribution in [2.75, 3.05) is 7.05 Å². The van der Waals surface area contributed by atoms with E-state index in [2.05, 4.69) is 36.5 Å². The van der Waals surface area contributed by atoms with E-state index in [0.717, 1.165) is 12.0 Å². The maximum Gasteiger partial charge on any atom is 0.317 e. The summed E-state index contributed by atoms with van der Waals surface area (Å²) in [4.78, 5) is 13.4. The van der Waals surface area contributed by atoms with Crippen molar-refractivity contribution in [3.8, 4) is 0 Å². The van der Waals surface area contributed by atoms with E-state index in [1.54, 1.807) is 4.90 Å². The number of rotatable bonds is 4. The molecule has 1 N–H and O–H groups in total. The minimum atomic E-state index is -0.0282. The van der Waals surface area contributed by atoms with Crippen molar-refractivity contribution in [2.24, 2.45) is 0 Å². The van der Waals surface area contributed by atoms with Gasteiger partial charge in [0.05, 0.1) is 0 Å². The topological polar surface area (TPSA) is 32.3 Å². The highest BCUT2D eigenvalue weighted by molar-refractivity contribution is 5.74. The summed E-state index contributed by atoms with van der Waals surface area (Å²) in [6.07, 6.45) is 1.05. The highest BCUT2D eigenvalue weighted by Crippen LogP contribution is 2.07. The third-order valence-electron chi connectivity index (χ3n) is 2.61. The molecule has 0 spiro atoms. The van der Waals surface area contributed by atoms with Gasteiger partial charge >= 0.3 is 6.03 Å². The normalized spacial score (nSPS) is 10.4. The Morgan fingerprint density at radius 1 is 1.24 bits per heavy atom. The molecule has 0 bridgehead atoms. The van der Waals surface area contributed by atoms with Crippen molar-refractivity contribution in [3.05, 3.63) is 35.4 Å². The summed E-state index contributed by atoms with van der Waals surface area (Å²) in [5.74, 6) is 0. The van der Waals surface area contributed by atoms with E-state index >= 15 is 0 Å². The fourth-order valence-electron chi connectivity index (χ4n) is 1.58. The Morgan fingerprint density at radius 2 is 1.76 bits per heavy atom. The molecule has 1 aromatic carbocycles. The minimum Gasteiger partial charge on any atom is -0.336 e. The Kier molecular flexibility index (Phi) is 5.01. The summed E-state index contributed by atoms with van der Waals surface area (Å²) in [5.41, 5.74) is 2.48. The van der Waals surface area contributed by atoms with Gasteiger partial charge < -0.3 is 10.2 Å². The van der Waals surface area contributed by atoms with Crippen molar-refractivity contribution in [1.82, 2.24) is 10.2 Å². The van der Waals surface area contributed by atoms with Crippen LogP contribution in [-0.2, 0) is 13.0 Å². The number of hydrogen-bond donors (Lipinski definition) is 1. The first-order valence-corrected chi connectivity index (χ1v) is 6.12. The smallest absolute Gasteiger partial charge is 0.317 e. The molecule has 0 unspecified atom stereocenters. The van der Waals surface area contributed by atoms with E-state index in [-0.39, 0.29) is 12.1 Å². The van der Waals surface area contributed by atoms with Crippen LogP contribution in [0.4, 0.5) is 4.79 Å². The lowest BCUT2D eigenvalue weighted by atomic mass is 10.1. The molecule has 0 aromatic heterocycles. The van der Waals surface area contributed by atoms with Crippen molar-refractivity contribution >= 4 is 6.03 Å². The molecule has 0 fully saturated rings. The molecule has 0 saturated heterocycles. The van der Waals surface area contributed by atoms with Crippen molar-refractivity contribution < 1.29 is 4.79 Å². The first kappa shape index (κ1) is 13.6. The lowest BCUT2D eigenvalue weighted by Crippen LogP contribution is -2.40. The van der Waals surface area contributed by atoms with Crippen LogP contribution in [0.15, 0.2) is 24.3 Å². The van der Waals surface area contributed by atoms with Crippen LogP contribution in [-0.4, -0.2) is 24.0 Å². The zero-order valence-corrected chi connectivity index (χ0v) is 11.2. The number of amides is 2. The molecule has 1 rings (SSSR count). The summed E-state index contributed by atoms with van der Waals surface area (Å²) in [5, 5.41) is 2.87. The number of benzene rings is 1. The highest BCUT2D eigenvalue weighted by Gasteiger charge is 2.09. The average molecular weight is 234 g/mol. The highest BCUT2D eigenvalue weighted by atomic mass is 16.2. The van der Waals surface area contributed by atoms with E-state index in [1.165, 1.54) is 5.56 Å². The first-order chi connectivity index (χ1) is 8.02. The average Bonchev–Trinajstić information content (AvgIpc) is 2.29. The second-order valence-corrected chi connectivity index (χ2v) is 4.63.